The topological polar surface area (TPSA) is 37.8 Å². The molecular formula is C13H14F3N3S. The molecule has 108 valence electrons. The number of benzene rings is 1. The smallest absolute Gasteiger partial charge is 0.356 e. The molecule has 0 fully saturated rings. The second-order valence-corrected chi connectivity index (χ2v) is 5.42. The van der Waals surface area contributed by atoms with Crippen LogP contribution in [0.1, 0.15) is 36.7 Å². The van der Waals surface area contributed by atoms with E-state index in [0.717, 1.165) is 18.0 Å². The highest BCUT2D eigenvalue weighted by Gasteiger charge is 2.30. The van der Waals surface area contributed by atoms with E-state index in [4.69, 9.17) is 0 Å². The average molecular weight is 301 g/mol. The maximum atomic E-state index is 12.6. The van der Waals surface area contributed by atoms with E-state index < -0.39 is 11.7 Å². The Labute approximate surface area is 119 Å². The van der Waals surface area contributed by atoms with Gasteiger partial charge in [-0.25, -0.2) is 4.98 Å². The molecule has 1 heterocycles. The third-order valence-corrected chi connectivity index (χ3v) is 3.34. The van der Waals surface area contributed by atoms with Crippen molar-refractivity contribution in [2.24, 2.45) is 0 Å². The van der Waals surface area contributed by atoms with E-state index in [1.807, 2.05) is 13.8 Å². The molecule has 2 aromatic rings. The van der Waals surface area contributed by atoms with Crippen molar-refractivity contribution < 1.29 is 13.2 Å². The first kappa shape index (κ1) is 14.8. The summed E-state index contributed by atoms with van der Waals surface area (Å²) in [5.74, 6) is 0.969. The Morgan fingerprint density at radius 2 is 2.05 bits per heavy atom. The lowest BCUT2D eigenvalue weighted by Gasteiger charge is -2.08. The highest BCUT2D eigenvalue weighted by atomic mass is 32.1. The Balaban J connectivity index is 2.03. The molecule has 0 aliphatic carbocycles. The van der Waals surface area contributed by atoms with E-state index in [-0.39, 0.29) is 12.5 Å². The fraction of sp³-hybridized carbons (Fsp3) is 0.385. The van der Waals surface area contributed by atoms with Crippen molar-refractivity contribution >= 4 is 16.7 Å². The Morgan fingerprint density at radius 1 is 1.30 bits per heavy atom. The minimum absolute atomic E-state index is 0.232. The number of nitrogens with zero attached hydrogens (tertiary/aromatic N) is 2. The molecule has 0 unspecified atom stereocenters. The molecule has 0 aliphatic rings. The summed E-state index contributed by atoms with van der Waals surface area (Å²) in [6.45, 7) is 4.26. The first-order valence-corrected chi connectivity index (χ1v) is 6.87. The highest BCUT2D eigenvalue weighted by molar-refractivity contribution is 7.09. The molecule has 3 nitrogen and oxygen atoms in total. The molecule has 0 aliphatic heterocycles. The summed E-state index contributed by atoms with van der Waals surface area (Å²) in [7, 11) is 0. The summed E-state index contributed by atoms with van der Waals surface area (Å²) in [5, 5.41) is 3.61. The highest BCUT2D eigenvalue weighted by Crippen LogP contribution is 2.29. The quantitative estimate of drug-likeness (QED) is 0.915. The molecular weight excluding hydrogens is 287 g/mol. The van der Waals surface area contributed by atoms with Gasteiger partial charge < -0.3 is 5.32 Å². The molecule has 0 saturated heterocycles. The molecule has 1 N–H and O–H groups in total. The molecule has 1 aromatic carbocycles. The Morgan fingerprint density at radius 3 is 2.65 bits per heavy atom. The van der Waals surface area contributed by atoms with E-state index in [1.165, 1.54) is 17.6 Å². The monoisotopic (exact) mass is 301 g/mol. The van der Waals surface area contributed by atoms with E-state index in [1.54, 1.807) is 6.07 Å². The number of nitrogens with one attached hydrogen (secondary N) is 1. The average Bonchev–Trinajstić information content (AvgIpc) is 2.85. The summed E-state index contributed by atoms with van der Waals surface area (Å²) in [4.78, 5) is 4.27. The lowest BCUT2D eigenvalue weighted by molar-refractivity contribution is -0.137. The minimum atomic E-state index is -4.32. The van der Waals surface area contributed by atoms with Gasteiger partial charge >= 0.3 is 6.18 Å². The molecule has 0 radical (unpaired) electrons. The van der Waals surface area contributed by atoms with Crippen molar-refractivity contribution in [1.29, 1.82) is 0 Å². The van der Waals surface area contributed by atoms with Crippen molar-refractivity contribution in [2.45, 2.75) is 32.5 Å². The van der Waals surface area contributed by atoms with Gasteiger partial charge in [0.05, 0.1) is 5.56 Å². The number of hydrogen-bond donors (Lipinski definition) is 1. The maximum absolute atomic E-state index is 12.6. The van der Waals surface area contributed by atoms with Gasteiger partial charge in [0.1, 0.15) is 5.82 Å². The summed E-state index contributed by atoms with van der Waals surface area (Å²) in [5.41, 5.74) is -0.0851. The van der Waals surface area contributed by atoms with Crippen LogP contribution in [0.4, 0.5) is 18.3 Å². The van der Waals surface area contributed by atoms with Crippen molar-refractivity contribution in [1.82, 2.24) is 9.36 Å². The largest absolute Gasteiger partial charge is 0.416 e. The Kier molecular flexibility index (Phi) is 4.27. The second-order valence-electron chi connectivity index (χ2n) is 4.66. The van der Waals surface area contributed by atoms with Crippen LogP contribution in [0.2, 0.25) is 0 Å². The van der Waals surface area contributed by atoms with Gasteiger partial charge in [-0.3, -0.25) is 0 Å². The van der Waals surface area contributed by atoms with Crippen LogP contribution in [-0.2, 0) is 12.7 Å². The first-order valence-electron chi connectivity index (χ1n) is 6.10. The van der Waals surface area contributed by atoms with E-state index in [0.29, 0.717) is 10.7 Å². The van der Waals surface area contributed by atoms with Gasteiger partial charge in [0.15, 0.2) is 0 Å². The predicted octanol–water partition coefficient (Wildman–Crippen LogP) is 4.29. The lowest BCUT2D eigenvalue weighted by Crippen LogP contribution is -2.06. The first-order chi connectivity index (χ1) is 9.36. The molecule has 7 heteroatoms. The molecule has 0 amide bonds. The van der Waals surface area contributed by atoms with Crippen LogP contribution < -0.4 is 5.32 Å². The number of alkyl halides is 3. The predicted molar refractivity (Wildman–Crippen MR) is 72.8 cm³/mol. The minimum Gasteiger partial charge on any atom is -0.356 e. The van der Waals surface area contributed by atoms with E-state index in [9.17, 15) is 13.2 Å². The lowest BCUT2D eigenvalue weighted by atomic mass is 10.1. The van der Waals surface area contributed by atoms with E-state index >= 15 is 0 Å². The van der Waals surface area contributed by atoms with Crippen LogP contribution in [0.3, 0.4) is 0 Å². The number of aromatic nitrogens is 2. The summed E-state index contributed by atoms with van der Waals surface area (Å²) < 4.78 is 41.9. The molecule has 0 bridgehead atoms. The zero-order valence-corrected chi connectivity index (χ0v) is 11.8. The van der Waals surface area contributed by atoms with Crippen molar-refractivity contribution in [3.8, 4) is 0 Å². The fourth-order valence-electron chi connectivity index (χ4n) is 1.58. The summed E-state index contributed by atoms with van der Waals surface area (Å²) in [6.07, 6.45) is -4.32. The molecule has 2 rings (SSSR count). The number of rotatable bonds is 4. The number of hydrogen-bond acceptors (Lipinski definition) is 4. The zero-order chi connectivity index (χ0) is 14.8. The third kappa shape index (κ3) is 3.69. The molecule has 20 heavy (non-hydrogen) atoms. The van der Waals surface area contributed by atoms with Crippen LogP contribution >= 0.6 is 11.5 Å². The van der Waals surface area contributed by atoms with Gasteiger partial charge in [0, 0.05) is 24.0 Å². The Bertz CT molecular complexity index is 578. The molecule has 0 atom stereocenters. The summed E-state index contributed by atoms with van der Waals surface area (Å²) in [6, 6.07) is 5.24. The molecule has 0 saturated carbocycles. The number of anilines is 1. The van der Waals surface area contributed by atoms with E-state index in [2.05, 4.69) is 14.7 Å². The van der Waals surface area contributed by atoms with Gasteiger partial charge in [-0.2, -0.15) is 17.5 Å². The van der Waals surface area contributed by atoms with Gasteiger partial charge in [-0.15, -0.1) is 0 Å². The van der Waals surface area contributed by atoms with Crippen LogP contribution in [0.15, 0.2) is 24.3 Å². The van der Waals surface area contributed by atoms with Crippen molar-refractivity contribution in [3.63, 3.8) is 0 Å². The zero-order valence-electron chi connectivity index (χ0n) is 11.0. The van der Waals surface area contributed by atoms with Gasteiger partial charge in [-0.05, 0) is 17.7 Å². The fourth-order valence-corrected chi connectivity index (χ4v) is 2.28. The third-order valence-electron chi connectivity index (χ3n) is 2.66. The van der Waals surface area contributed by atoms with Crippen molar-refractivity contribution in [3.05, 3.63) is 41.2 Å². The maximum Gasteiger partial charge on any atom is 0.416 e. The summed E-state index contributed by atoms with van der Waals surface area (Å²) >= 11 is 1.21. The van der Waals surface area contributed by atoms with Crippen LogP contribution in [0, 0.1) is 0 Å². The molecule has 1 aromatic heterocycles. The second kappa shape index (κ2) is 5.78. The standard InChI is InChI=1S/C13H14F3N3S/c1-8(2)11-18-12(20-19-11)17-7-9-4-3-5-10(6-9)13(14,15)16/h3-6,8H,7H2,1-2H3,(H,17,18,19). The Hall–Kier alpha value is -1.63. The van der Waals surface area contributed by atoms with Crippen LogP contribution in [-0.4, -0.2) is 9.36 Å². The SMILES string of the molecule is CC(C)c1nsc(NCc2cccc(C(F)(F)F)c2)n1. The van der Waals surface area contributed by atoms with Gasteiger partial charge in [-0.1, -0.05) is 26.0 Å². The van der Waals surface area contributed by atoms with Crippen LogP contribution in [0.25, 0.3) is 0 Å². The van der Waals surface area contributed by atoms with Crippen LogP contribution in [0.5, 0.6) is 0 Å². The normalized spacial score (nSPS) is 11.9. The number of halogens is 3. The van der Waals surface area contributed by atoms with Crippen molar-refractivity contribution in [2.75, 3.05) is 5.32 Å². The van der Waals surface area contributed by atoms with Gasteiger partial charge in [0.25, 0.3) is 0 Å². The van der Waals surface area contributed by atoms with Gasteiger partial charge in [0.2, 0.25) is 5.13 Å². The molecule has 0 spiro atoms.